The average Bonchev–Trinajstić information content (AvgIpc) is 2.44. The van der Waals surface area contributed by atoms with Gasteiger partial charge >= 0.3 is 0 Å². The number of ether oxygens (including phenoxy) is 1. The molecule has 0 radical (unpaired) electrons. The van der Waals surface area contributed by atoms with Crippen LogP contribution in [-0.2, 0) is 0 Å². The van der Waals surface area contributed by atoms with Crippen molar-refractivity contribution < 1.29 is 18.6 Å². The molecule has 0 aliphatic heterocycles. The van der Waals surface area contributed by atoms with Crippen LogP contribution in [-0.4, -0.2) is 11.7 Å². The van der Waals surface area contributed by atoms with E-state index in [2.05, 4.69) is 15.9 Å². The van der Waals surface area contributed by atoms with E-state index in [1.54, 1.807) is 18.2 Å². The molecular formula is C16H15BrF2O2. The normalized spacial score (nSPS) is 12.2. The Morgan fingerprint density at radius 2 is 1.76 bits per heavy atom. The number of hydrogen-bond donors (Lipinski definition) is 1. The van der Waals surface area contributed by atoms with Gasteiger partial charge in [-0.05, 0) is 57.7 Å². The van der Waals surface area contributed by atoms with Gasteiger partial charge in [-0.15, -0.1) is 0 Å². The molecule has 2 rings (SSSR count). The van der Waals surface area contributed by atoms with Crippen molar-refractivity contribution in [3.8, 4) is 5.75 Å². The van der Waals surface area contributed by atoms with Crippen molar-refractivity contribution in [1.82, 2.24) is 0 Å². The molecule has 1 unspecified atom stereocenters. The zero-order valence-corrected chi connectivity index (χ0v) is 13.0. The molecule has 0 bridgehead atoms. The van der Waals surface area contributed by atoms with E-state index in [0.29, 0.717) is 22.4 Å². The van der Waals surface area contributed by atoms with Gasteiger partial charge in [-0.2, -0.15) is 0 Å². The van der Waals surface area contributed by atoms with Crippen LogP contribution in [0, 0.1) is 11.6 Å². The first-order valence-electron chi connectivity index (χ1n) is 6.57. The van der Waals surface area contributed by atoms with Crippen LogP contribution in [0.4, 0.5) is 8.78 Å². The molecule has 0 aromatic heterocycles. The van der Waals surface area contributed by atoms with Gasteiger partial charge in [0.1, 0.15) is 23.5 Å². The molecule has 0 aliphatic carbocycles. The number of rotatable bonds is 5. The van der Waals surface area contributed by atoms with Gasteiger partial charge < -0.3 is 9.84 Å². The fraction of sp³-hybridized carbons (Fsp3) is 0.250. The van der Waals surface area contributed by atoms with E-state index in [9.17, 15) is 13.9 Å². The van der Waals surface area contributed by atoms with Crippen molar-refractivity contribution in [2.75, 3.05) is 6.61 Å². The summed E-state index contributed by atoms with van der Waals surface area (Å²) >= 11 is 3.36. The topological polar surface area (TPSA) is 29.5 Å². The fourth-order valence-corrected chi connectivity index (χ4v) is 2.45. The third-order valence-electron chi connectivity index (χ3n) is 2.93. The lowest BCUT2D eigenvalue weighted by Gasteiger charge is -2.14. The largest absolute Gasteiger partial charge is 0.492 e. The summed E-state index contributed by atoms with van der Waals surface area (Å²) in [5.74, 6) is -0.768. The highest BCUT2D eigenvalue weighted by Crippen LogP contribution is 2.31. The van der Waals surface area contributed by atoms with Crippen molar-refractivity contribution in [3.63, 3.8) is 0 Å². The Morgan fingerprint density at radius 1 is 1.10 bits per heavy atom. The van der Waals surface area contributed by atoms with Crippen LogP contribution < -0.4 is 4.74 Å². The minimum Gasteiger partial charge on any atom is -0.492 e. The molecule has 1 N–H and O–H groups in total. The summed E-state index contributed by atoms with van der Waals surface area (Å²) in [6.45, 7) is 2.60. The molecule has 5 heteroatoms. The highest BCUT2D eigenvalue weighted by Gasteiger charge is 2.14. The molecule has 21 heavy (non-hydrogen) atoms. The minimum absolute atomic E-state index is 0.168. The molecule has 2 nitrogen and oxygen atoms in total. The first-order chi connectivity index (χ1) is 10.0. The molecule has 112 valence electrons. The molecule has 0 aliphatic rings. The Labute approximate surface area is 130 Å². The van der Waals surface area contributed by atoms with Gasteiger partial charge in [-0.1, -0.05) is 13.0 Å². The standard InChI is InChI=1S/C16H15BrF2O2/c1-2-5-21-15-4-3-10(8-14(15)17)16(20)11-6-12(18)9-13(19)7-11/h3-4,6-9,16,20H,2,5H2,1H3. The smallest absolute Gasteiger partial charge is 0.133 e. The van der Waals surface area contributed by atoms with Gasteiger partial charge in [-0.3, -0.25) is 0 Å². The lowest BCUT2D eigenvalue weighted by atomic mass is 10.0. The maximum Gasteiger partial charge on any atom is 0.133 e. The number of hydrogen-bond acceptors (Lipinski definition) is 2. The first kappa shape index (κ1) is 15.9. The second-order valence-corrected chi connectivity index (χ2v) is 5.50. The van der Waals surface area contributed by atoms with E-state index >= 15 is 0 Å². The monoisotopic (exact) mass is 356 g/mol. The van der Waals surface area contributed by atoms with Crippen LogP contribution in [0.15, 0.2) is 40.9 Å². The quantitative estimate of drug-likeness (QED) is 0.848. The van der Waals surface area contributed by atoms with E-state index in [1.165, 1.54) is 0 Å². The zero-order chi connectivity index (χ0) is 15.4. The van der Waals surface area contributed by atoms with Gasteiger partial charge in [0.05, 0.1) is 11.1 Å². The van der Waals surface area contributed by atoms with Gasteiger partial charge in [0.25, 0.3) is 0 Å². The number of halogens is 3. The van der Waals surface area contributed by atoms with E-state index < -0.39 is 17.7 Å². The van der Waals surface area contributed by atoms with Crippen molar-refractivity contribution in [3.05, 3.63) is 63.6 Å². The molecule has 0 saturated heterocycles. The van der Waals surface area contributed by atoms with Crippen molar-refractivity contribution in [1.29, 1.82) is 0 Å². The Kier molecular flexibility index (Phi) is 5.31. The maximum atomic E-state index is 13.2. The molecule has 2 aromatic carbocycles. The van der Waals surface area contributed by atoms with Gasteiger partial charge in [0, 0.05) is 6.07 Å². The fourth-order valence-electron chi connectivity index (χ4n) is 1.94. The molecule has 0 fully saturated rings. The number of aliphatic hydroxyl groups excluding tert-OH is 1. The summed E-state index contributed by atoms with van der Waals surface area (Å²) < 4.78 is 32.6. The maximum absolute atomic E-state index is 13.2. The third-order valence-corrected chi connectivity index (χ3v) is 3.55. The van der Waals surface area contributed by atoms with Crippen LogP contribution in [0.25, 0.3) is 0 Å². The lowest BCUT2D eigenvalue weighted by Crippen LogP contribution is -2.02. The van der Waals surface area contributed by atoms with Crippen LogP contribution in [0.3, 0.4) is 0 Å². The van der Waals surface area contributed by atoms with Crippen LogP contribution >= 0.6 is 15.9 Å². The Hall–Kier alpha value is -1.46. The molecule has 0 saturated carbocycles. The molecule has 0 heterocycles. The van der Waals surface area contributed by atoms with Crippen molar-refractivity contribution in [2.24, 2.45) is 0 Å². The Morgan fingerprint density at radius 3 is 2.33 bits per heavy atom. The zero-order valence-electron chi connectivity index (χ0n) is 11.4. The van der Waals surface area contributed by atoms with E-state index in [1.807, 2.05) is 6.92 Å². The predicted molar refractivity (Wildman–Crippen MR) is 80.3 cm³/mol. The van der Waals surface area contributed by atoms with E-state index in [4.69, 9.17) is 4.74 Å². The SMILES string of the molecule is CCCOc1ccc(C(O)c2cc(F)cc(F)c2)cc1Br. The lowest BCUT2D eigenvalue weighted by molar-refractivity contribution is 0.219. The molecule has 0 amide bonds. The highest BCUT2D eigenvalue weighted by molar-refractivity contribution is 9.10. The van der Waals surface area contributed by atoms with Gasteiger partial charge in [0.15, 0.2) is 0 Å². The van der Waals surface area contributed by atoms with Gasteiger partial charge in [-0.25, -0.2) is 8.78 Å². The average molecular weight is 357 g/mol. The molecule has 2 aromatic rings. The van der Waals surface area contributed by atoms with Crippen LogP contribution in [0.1, 0.15) is 30.6 Å². The summed E-state index contributed by atoms with van der Waals surface area (Å²) in [7, 11) is 0. The Bertz CT molecular complexity index is 611. The van der Waals surface area contributed by atoms with Crippen LogP contribution in [0.2, 0.25) is 0 Å². The second-order valence-electron chi connectivity index (χ2n) is 4.64. The van der Waals surface area contributed by atoms with Crippen molar-refractivity contribution in [2.45, 2.75) is 19.4 Å². The highest BCUT2D eigenvalue weighted by atomic mass is 79.9. The Balaban J connectivity index is 2.26. The summed E-state index contributed by atoms with van der Waals surface area (Å²) in [6.07, 6.45) is -0.217. The molecule has 1 atom stereocenters. The predicted octanol–water partition coefficient (Wildman–Crippen LogP) is 4.60. The number of benzene rings is 2. The van der Waals surface area contributed by atoms with Crippen molar-refractivity contribution >= 4 is 15.9 Å². The molecular weight excluding hydrogens is 342 g/mol. The number of aliphatic hydroxyl groups is 1. The van der Waals surface area contributed by atoms with Gasteiger partial charge in [0.2, 0.25) is 0 Å². The van der Waals surface area contributed by atoms with E-state index in [-0.39, 0.29) is 5.56 Å². The van der Waals surface area contributed by atoms with Crippen LogP contribution in [0.5, 0.6) is 5.75 Å². The first-order valence-corrected chi connectivity index (χ1v) is 7.37. The summed E-state index contributed by atoms with van der Waals surface area (Å²) in [4.78, 5) is 0. The summed E-state index contributed by atoms with van der Waals surface area (Å²) in [5.41, 5.74) is 0.692. The summed E-state index contributed by atoms with van der Waals surface area (Å²) in [5, 5.41) is 10.2. The second kappa shape index (κ2) is 7.00. The molecule has 0 spiro atoms. The van der Waals surface area contributed by atoms with E-state index in [0.717, 1.165) is 24.6 Å². The minimum atomic E-state index is -1.10. The summed E-state index contributed by atoms with van der Waals surface area (Å²) in [6, 6.07) is 8.07. The third kappa shape index (κ3) is 4.02.